The molecule has 108 valence electrons. The van der Waals surface area contributed by atoms with Crippen LogP contribution in [0.3, 0.4) is 0 Å². The zero-order valence-electron chi connectivity index (χ0n) is 11.6. The summed E-state index contributed by atoms with van der Waals surface area (Å²) in [4.78, 5) is 24.3. The van der Waals surface area contributed by atoms with Crippen molar-refractivity contribution < 1.29 is 24.2 Å². The molecule has 0 radical (unpaired) electrons. The highest BCUT2D eigenvalue weighted by atomic mass is 16.6. The fourth-order valence-electron chi connectivity index (χ4n) is 1.88. The molecule has 1 fully saturated rings. The zero-order chi connectivity index (χ0) is 14.6. The lowest BCUT2D eigenvalue weighted by atomic mass is 10.2. The van der Waals surface area contributed by atoms with E-state index >= 15 is 0 Å². The standard InChI is InChI=1S/C13H21NO5/c1-5-6-18-9-7-10(11(15)16)14(8-9)12(17)19-13(2,3)4/h5,9-10H,1,6-8H2,2-4H3,(H,15,16)/t9-,10?/m1/s1. The molecule has 0 aliphatic carbocycles. The minimum absolute atomic E-state index is 0.222. The number of hydrogen-bond donors (Lipinski definition) is 1. The predicted molar refractivity (Wildman–Crippen MR) is 68.9 cm³/mol. The van der Waals surface area contributed by atoms with E-state index in [9.17, 15) is 9.59 Å². The Labute approximate surface area is 113 Å². The highest BCUT2D eigenvalue weighted by Gasteiger charge is 2.41. The summed E-state index contributed by atoms with van der Waals surface area (Å²) in [6, 6.07) is -0.898. The van der Waals surface area contributed by atoms with Gasteiger partial charge in [-0.1, -0.05) is 6.08 Å². The predicted octanol–water partition coefficient (Wildman–Crippen LogP) is 1.65. The molecule has 0 aromatic heterocycles. The van der Waals surface area contributed by atoms with Crippen molar-refractivity contribution in [3.63, 3.8) is 0 Å². The summed E-state index contributed by atoms with van der Waals surface area (Å²) >= 11 is 0. The van der Waals surface area contributed by atoms with Crippen molar-refractivity contribution in [3.05, 3.63) is 12.7 Å². The van der Waals surface area contributed by atoms with Gasteiger partial charge in [0.15, 0.2) is 0 Å². The average molecular weight is 271 g/mol. The van der Waals surface area contributed by atoms with Crippen LogP contribution in [0.1, 0.15) is 27.2 Å². The summed E-state index contributed by atoms with van der Waals surface area (Å²) in [6.45, 7) is 9.30. The monoisotopic (exact) mass is 271 g/mol. The summed E-state index contributed by atoms with van der Waals surface area (Å²) in [5, 5.41) is 9.15. The number of carbonyl (C=O) groups is 2. The molecule has 0 aromatic rings. The summed E-state index contributed by atoms with van der Waals surface area (Å²) in [5.41, 5.74) is -0.653. The van der Waals surface area contributed by atoms with Crippen LogP contribution in [0, 0.1) is 0 Å². The molecule has 1 unspecified atom stereocenters. The van der Waals surface area contributed by atoms with Crippen molar-refractivity contribution in [2.24, 2.45) is 0 Å². The molecule has 1 aliphatic rings. The van der Waals surface area contributed by atoms with Crippen LogP contribution in [0.4, 0.5) is 4.79 Å². The Morgan fingerprint density at radius 2 is 2.11 bits per heavy atom. The Bertz CT molecular complexity index is 361. The van der Waals surface area contributed by atoms with Crippen LogP contribution in [-0.2, 0) is 14.3 Å². The lowest BCUT2D eigenvalue weighted by Gasteiger charge is -2.26. The SMILES string of the molecule is C=CCO[C@@H]1CC(C(=O)O)N(C(=O)OC(C)(C)C)C1. The van der Waals surface area contributed by atoms with E-state index in [4.69, 9.17) is 14.6 Å². The summed E-state index contributed by atoms with van der Waals surface area (Å²) in [6.07, 6.45) is 0.935. The van der Waals surface area contributed by atoms with Crippen molar-refractivity contribution >= 4 is 12.1 Å². The van der Waals surface area contributed by atoms with Crippen LogP contribution in [0.2, 0.25) is 0 Å². The molecular weight excluding hydrogens is 250 g/mol. The molecule has 2 atom stereocenters. The van der Waals surface area contributed by atoms with Gasteiger partial charge < -0.3 is 14.6 Å². The molecular formula is C13H21NO5. The second-order valence-corrected chi connectivity index (χ2v) is 5.47. The third-order valence-corrected chi connectivity index (χ3v) is 2.63. The maximum absolute atomic E-state index is 12.0. The number of carboxylic acid groups (broad SMARTS) is 1. The van der Waals surface area contributed by atoms with Gasteiger partial charge in [-0.2, -0.15) is 0 Å². The van der Waals surface area contributed by atoms with E-state index in [-0.39, 0.29) is 19.1 Å². The molecule has 6 nitrogen and oxygen atoms in total. The van der Waals surface area contributed by atoms with Crippen LogP contribution in [0.25, 0.3) is 0 Å². The first-order valence-corrected chi connectivity index (χ1v) is 6.19. The van der Waals surface area contributed by atoms with E-state index in [1.807, 2.05) is 0 Å². The lowest BCUT2D eigenvalue weighted by Crippen LogP contribution is -2.43. The fourth-order valence-corrected chi connectivity index (χ4v) is 1.88. The quantitative estimate of drug-likeness (QED) is 0.787. The summed E-state index contributed by atoms with van der Waals surface area (Å²) in [7, 11) is 0. The molecule has 1 heterocycles. The number of aliphatic carboxylic acids is 1. The highest BCUT2D eigenvalue weighted by molar-refractivity contribution is 5.81. The molecule has 1 rings (SSSR count). The van der Waals surface area contributed by atoms with Crippen molar-refractivity contribution in [3.8, 4) is 0 Å². The largest absolute Gasteiger partial charge is 0.480 e. The van der Waals surface area contributed by atoms with Gasteiger partial charge in [-0.3, -0.25) is 4.90 Å². The molecule has 0 spiro atoms. The van der Waals surface area contributed by atoms with E-state index in [0.717, 1.165) is 0 Å². The van der Waals surface area contributed by atoms with Crippen LogP contribution >= 0.6 is 0 Å². The third-order valence-electron chi connectivity index (χ3n) is 2.63. The molecule has 1 saturated heterocycles. The van der Waals surface area contributed by atoms with Gasteiger partial charge in [0, 0.05) is 6.42 Å². The van der Waals surface area contributed by atoms with Gasteiger partial charge in [0.1, 0.15) is 11.6 Å². The molecule has 1 N–H and O–H groups in total. The molecule has 0 saturated carbocycles. The number of amides is 1. The summed E-state index contributed by atoms with van der Waals surface area (Å²) < 4.78 is 10.6. The first-order chi connectivity index (χ1) is 8.74. The minimum atomic E-state index is -1.05. The number of rotatable bonds is 4. The van der Waals surface area contributed by atoms with Crippen molar-refractivity contribution in [2.45, 2.75) is 44.9 Å². The van der Waals surface area contributed by atoms with E-state index in [1.165, 1.54) is 4.90 Å². The average Bonchev–Trinajstić information content (AvgIpc) is 2.68. The number of hydrogen-bond acceptors (Lipinski definition) is 4. The van der Waals surface area contributed by atoms with Crippen molar-refractivity contribution in [2.75, 3.05) is 13.2 Å². The number of carbonyl (C=O) groups excluding carboxylic acids is 1. The molecule has 0 bridgehead atoms. The first kappa shape index (κ1) is 15.5. The Morgan fingerprint density at radius 1 is 1.47 bits per heavy atom. The molecule has 1 aliphatic heterocycles. The highest BCUT2D eigenvalue weighted by Crippen LogP contribution is 2.23. The Morgan fingerprint density at radius 3 is 2.58 bits per heavy atom. The maximum atomic E-state index is 12.0. The van der Waals surface area contributed by atoms with Gasteiger partial charge in [0.2, 0.25) is 0 Å². The molecule has 0 aromatic carbocycles. The van der Waals surface area contributed by atoms with Gasteiger partial charge in [0.25, 0.3) is 0 Å². The summed E-state index contributed by atoms with van der Waals surface area (Å²) in [5.74, 6) is -1.05. The van der Waals surface area contributed by atoms with Crippen LogP contribution < -0.4 is 0 Å². The smallest absolute Gasteiger partial charge is 0.411 e. The number of nitrogens with zero attached hydrogens (tertiary/aromatic N) is 1. The van der Waals surface area contributed by atoms with Gasteiger partial charge in [0.05, 0.1) is 19.3 Å². The Balaban J connectivity index is 2.70. The normalized spacial score (nSPS) is 23.2. The van der Waals surface area contributed by atoms with Gasteiger partial charge in [-0.05, 0) is 20.8 Å². The van der Waals surface area contributed by atoms with E-state index < -0.39 is 23.7 Å². The van der Waals surface area contributed by atoms with E-state index in [0.29, 0.717) is 6.61 Å². The molecule has 1 amide bonds. The van der Waals surface area contributed by atoms with Crippen molar-refractivity contribution in [1.82, 2.24) is 4.90 Å². The van der Waals surface area contributed by atoms with Crippen molar-refractivity contribution in [1.29, 1.82) is 0 Å². The number of likely N-dealkylation sites (tertiary alicyclic amines) is 1. The topological polar surface area (TPSA) is 76.1 Å². The fraction of sp³-hybridized carbons (Fsp3) is 0.692. The Kier molecular flexibility index (Phi) is 4.94. The van der Waals surface area contributed by atoms with Gasteiger partial charge in [-0.25, -0.2) is 9.59 Å². The molecule has 19 heavy (non-hydrogen) atoms. The Hall–Kier alpha value is -1.56. The lowest BCUT2D eigenvalue weighted by molar-refractivity contribution is -0.142. The second kappa shape index (κ2) is 6.06. The van der Waals surface area contributed by atoms with Gasteiger partial charge in [-0.15, -0.1) is 6.58 Å². The first-order valence-electron chi connectivity index (χ1n) is 6.19. The molecule has 6 heteroatoms. The van der Waals surface area contributed by atoms with Crippen LogP contribution in [-0.4, -0.2) is 53.0 Å². The minimum Gasteiger partial charge on any atom is -0.480 e. The maximum Gasteiger partial charge on any atom is 0.411 e. The van der Waals surface area contributed by atoms with Crippen LogP contribution in [0.15, 0.2) is 12.7 Å². The third kappa shape index (κ3) is 4.55. The number of carboxylic acids is 1. The van der Waals surface area contributed by atoms with E-state index in [1.54, 1.807) is 26.8 Å². The number of ether oxygens (including phenoxy) is 2. The van der Waals surface area contributed by atoms with Gasteiger partial charge >= 0.3 is 12.1 Å². The second-order valence-electron chi connectivity index (χ2n) is 5.47. The van der Waals surface area contributed by atoms with E-state index in [2.05, 4.69) is 6.58 Å². The zero-order valence-corrected chi connectivity index (χ0v) is 11.6. The van der Waals surface area contributed by atoms with Crippen LogP contribution in [0.5, 0.6) is 0 Å².